The van der Waals surface area contributed by atoms with Crippen LogP contribution < -0.4 is 9.64 Å². The van der Waals surface area contributed by atoms with Crippen molar-refractivity contribution < 1.29 is 9.64 Å². The summed E-state index contributed by atoms with van der Waals surface area (Å²) in [4.78, 5) is 5.80. The molecule has 1 unspecified atom stereocenters. The molecule has 7 heteroatoms. The number of hydrogen-bond acceptors (Lipinski definition) is 4. The quantitative estimate of drug-likeness (QED) is 0.529. The molecule has 0 saturated carbocycles. The summed E-state index contributed by atoms with van der Waals surface area (Å²) in [6.45, 7) is 5.57. The lowest BCUT2D eigenvalue weighted by atomic mass is 10.1. The first-order chi connectivity index (χ1) is 13.4. The predicted molar refractivity (Wildman–Crippen MR) is 112 cm³/mol. The maximum absolute atomic E-state index is 5.63. The normalized spacial score (nSPS) is 12.6. The Balaban J connectivity index is 1.56. The number of quaternary nitrogens is 1. The van der Waals surface area contributed by atoms with Crippen LogP contribution in [0.4, 0.5) is 0 Å². The van der Waals surface area contributed by atoms with Crippen LogP contribution in [0.1, 0.15) is 17.0 Å². The highest BCUT2D eigenvalue weighted by atomic mass is 32.1. The van der Waals surface area contributed by atoms with E-state index < -0.39 is 0 Å². The maximum Gasteiger partial charge on any atom is 0.254 e. The Labute approximate surface area is 169 Å². The van der Waals surface area contributed by atoms with Gasteiger partial charge in [0.15, 0.2) is 6.67 Å². The number of rotatable bonds is 5. The zero-order valence-electron chi connectivity index (χ0n) is 16.6. The van der Waals surface area contributed by atoms with Gasteiger partial charge in [0.25, 0.3) is 5.78 Å². The molecule has 144 valence electrons. The third kappa shape index (κ3) is 3.50. The Morgan fingerprint density at radius 3 is 2.61 bits per heavy atom. The SMILES string of the molecule is COc1ccc2cc(C[NH+](C)Cn3nc4nc(C)cc(C)n4c3=S)ccc2c1. The maximum atomic E-state index is 5.63. The number of hydrogen-bond donors (Lipinski definition) is 1. The van der Waals surface area contributed by atoms with Gasteiger partial charge in [0.1, 0.15) is 12.3 Å². The van der Waals surface area contributed by atoms with Gasteiger partial charge in [-0.05, 0) is 61.1 Å². The lowest BCUT2D eigenvalue weighted by Gasteiger charge is -2.14. The van der Waals surface area contributed by atoms with Crippen LogP contribution in [0, 0.1) is 18.6 Å². The molecule has 0 aliphatic carbocycles. The summed E-state index contributed by atoms with van der Waals surface area (Å²) in [6.07, 6.45) is 0. The van der Waals surface area contributed by atoms with Gasteiger partial charge < -0.3 is 9.64 Å². The van der Waals surface area contributed by atoms with Crippen LogP contribution in [0.5, 0.6) is 5.75 Å². The molecular weight excluding hydrogens is 370 g/mol. The molecule has 0 radical (unpaired) electrons. The third-order valence-corrected chi connectivity index (χ3v) is 5.30. The van der Waals surface area contributed by atoms with Crippen molar-refractivity contribution >= 4 is 28.8 Å². The summed E-state index contributed by atoms with van der Waals surface area (Å²) < 4.78 is 9.79. The molecule has 2 aromatic carbocycles. The van der Waals surface area contributed by atoms with Gasteiger partial charge in [0.05, 0.1) is 14.2 Å². The van der Waals surface area contributed by atoms with E-state index >= 15 is 0 Å². The van der Waals surface area contributed by atoms with Crippen molar-refractivity contribution in [1.82, 2.24) is 19.2 Å². The van der Waals surface area contributed by atoms with E-state index in [0.717, 1.165) is 23.7 Å². The van der Waals surface area contributed by atoms with Gasteiger partial charge >= 0.3 is 0 Å². The van der Waals surface area contributed by atoms with Gasteiger partial charge in [-0.25, -0.2) is 4.98 Å². The first-order valence-electron chi connectivity index (χ1n) is 9.26. The number of fused-ring (bicyclic) bond motifs is 2. The minimum atomic E-state index is 0.662. The number of aryl methyl sites for hydroxylation is 2. The van der Waals surface area contributed by atoms with Crippen molar-refractivity contribution in [2.24, 2.45) is 0 Å². The zero-order valence-corrected chi connectivity index (χ0v) is 17.4. The third-order valence-electron chi connectivity index (χ3n) is 4.91. The molecule has 1 N–H and O–H groups in total. The fourth-order valence-electron chi connectivity index (χ4n) is 3.61. The van der Waals surface area contributed by atoms with Gasteiger partial charge in [-0.1, -0.05) is 18.2 Å². The number of nitrogens with zero attached hydrogens (tertiary/aromatic N) is 4. The van der Waals surface area contributed by atoms with Gasteiger partial charge in [0, 0.05) is 17.0 Å². The molecule has 0 aliphatic rings. The first kappa shape index (κ1) is 18.6. The fraction of sp³-hybridized carbons (Fsp3) is 0.286. The van der Waals surface area contributed by atoms with Crippen LogP contribution in [0.3, 0.4) is 0 Å². The Morgan fingerprint density at radius 2 is 1.82 bits per heavy atom. The Bertz CT molecular complexity index is 1230. The van der Waals surface area contributed by atoms with Crippen molar-refractivity contribution in [3.8, 4) is 5.75 Å². The second-order valence-corrected chi connectivity index (χ2v) is 7.66. The molecule has 0 bridgehead atoms. The van der Waals surface area contributed by atoms with Gasteiger partial charge in [-0.2, -0.15) is 4.68 Å². The molecule has 4 aromatic rings. The van der Waals surface area contributed by atoms with Gasteiger partial charge in [-0.3, -0.25) is 4.40 Å². The van der Waals surface area contributed by atoms with Crippen LogP contribution in [-0.2, 0) is 13.2 Å². The van der Waals surface area contributed by atoms with E-state index in [1.807, 2.05) is 35.1 Å². The summed E-state index contributed by atoms with van der Waals surface area (Å²) in [5.74, 6) is 1.54. The van der Waals surface area contributed by atoms with Crippen LogP contribution >= 0.6 is 12.2 Å². The van der Waals surface area contributed by atoms with Crippen molar-refractivity contribution in [3.63, 3.8) is 0 Å². The molecule has 1 atom stereocenters. The average molecular weight is 395 g/mol. The van der Waals surface area contributed by atoms with Crippen LogP contribution in [-0.4, -0.2) is 33.3 Å². The Hall–Kier alpha value is -2.77. The molecule has 0 spiro atoms. The number of benzene rings is 2. The van der Waals surface area contributed by atoms with E-state index in [9.17, 15) is 0 Å². The van der Waals surface area contributed by atoms with E-state index in [4.69, 9.17) is 17.0 Å². The lowest BCUT2D eigenvalue weighted by Crippen LogP contribution is -3.07. The van der Waals surface area contributed by atoms with E-state index in [2.05, 4.69) is 47.5 Å². The summed E-state index contributed by atoms with van der Waals surface area (Å²) in [5, 5.41) is 7.01. The molecule has 0 saturated heterocycles. The van der Waals surface area contributed by atoms with Crippen molar-refractivity contribution in [2.75, 3.05) is 14.2 Å². The van der Waals surface area contributed by atoms with Crippen molar-refractivity contribution in [2.45, 2.75) is 27.1 Å². The summed E-state index contributed by atoms with van der Waals surface area (Å²) in [5.41, 5.74) is 3.28. The lowest BCUT2D eigenvalue weighted by molar-refractivity contribution is -0.917. The van der Waals surface area contributed by atoms with E-state index in [1.54, 1.807) is 7.11 Å². The van der Waals surface area contributed by atoms with Crippen LogP contribution in [0.25, 0.3) is 16.6 Å². The fourth-order valence-corrected chi connectivity index (χ4v) is 3.94. The van der Waals surface area contributed by atoms with Crippen LogP contribution in [0.15, 0.2) is 42.5 Å². The zero-order chi connectivity index (χ0) is 19.8. The van der Waals surface area contributed by atoms with Gasteiger partial charge in [0.2, 0.25) is 4.77 Å². The van der Waals surface area contributed by atoms with Crippen molar-refractivity contribution in [1.29, 1.82) is 0 Å². The predicted octanol–water partition coefficient (Wildman–Crippen LogP) is 2.71. The van der Waals surface area contributed by atoms with Gasteiger partial charge in [-0.15, -0.1) is 5.10 Å². The second kappa shape index (κ2) is 7.33. The minimum absolute atomic E-state index is 0.662. The van der Waals surface area contributed by atoms with Crippen LogP contribution in [0.2, 0.25) is 0 Å². The minimum Gasteiger partial charge on any atom is -0.497 e. The standard InChI is InChI=1S/C21H23N5OS/c1-14-9-15(2)26-20(22-14)23-25(21(26)28)13-24(3)12-16-5-6-18-11-19(27-4)8-7-17(18)10-16/h5-11H,12-13H2,1-4H3/p+1. The number of methoxy groups -OCH3 is 1. The second-order valence-electron chi connectivity index (χ2n) is 7.30. The van der Waals surface area contributed by atoms with E-state index in [0.29, 0.717) is 17.2 Å². The summed E-state index contributed by atoms with van der Waals surface area (Å²) in [6, 6.07) is 14.7. The largest absolute Gasteiger partial charge is 0.497 e. The molecule has 2 aromatic heterocycles. The molecular formula is C21H24N5OS+. The smallest absolute Gasteiger partial charge is 0.254 e. The molecule has 0 amide bonds. The molecule has 4 rings (SSSR count). The number of ether oxygens (including phenoxy) is 1. The molecule has 2 heterocycles. The summed E-state index contributed by atoms with van der Waals surface area (Å²) >= 11 is 5.63. The first-order valence-corrected chi connectivity index (χ1v) is 9.67. The number of nitrogens with one attached hydrogen (secondary N) is 1. The summed E-state index contributed by atoms with van der Waals surface area (Å²) in [7, 11) is 3.84. The Kier molecular flexibility index (Phi) is 4.87. The van der Waals surface area contributed by atoms with E-state index in [1.165, 1.54) is 21.2 Å². The highest BCUT2D eigenvalue weighted by molar-refractivity contribution is 7.71. The molecule has 28 heavy (non-hydrogen) atoms. The highest BCUT2D eigenvalue weighted by Gasteiger charge is 2.12. The highest BCUT2D eigenvalue weighted by Crippen LogP contribution is 2.21. The molecule has 0 fully saturated rings. The average Bonchev–Trinajstić information content (AvgIpc) is 2.96. The number of aromatic nitrogens is 4. The Morgan fingerprint density at radius 1 is 1.07 bits per heavy atom. The van der Waals surface area contributed by atoms with E-state index in [-0.39, 0.29) is 0 Å². The molecule has 6 nitrogen and oxygen atoms in total. The molecule has 0 aliphatic heterocycles. The topological polar surface area (TPSA) is 48.8 Å². The monoisotopic (exact) mass is 394 g/mol. The van der Waals surface area contributed by atoms with Crippen molar-refractivity contribution in [3.05, 3.63) is 64.2 Å².